The van der Waals surface area contributed by atoms with Crippen LogP contribution in [0.15, 0.2) is 42.9 Å². The van der Waals surface area contributed by atoms with Crippen molar-refractivity contribution in [3.63, 3.8) is 0 Å². The quantitative estimate of drug-likeness (QED) is 0.528. The molecule has 0 aliphatic carbocycles. The van der Waals surface area contributed by atoms with E-state index in [-0.39, 0.29) is 0 Å². The van der Waals surface area contributed by atoms with Crippen molar-refractivity contribution in [1.29, 1.82) is 0 Å². The number of fused-ring (bicyclic) bond motifs is 1. The maximum absolute atomic E-state index is 5.21. The van der Waals surface area contributed by atoms with E-state index >= 15 is 0 Å². The summed E-state index contributed by atoms with van der Waals surface area (Å²) in [7, 11) is 3.57. The van der Waals surface area contributed by atoms with E-state index in [1.807, 2.05) is 41.9 Å². The van der Waals surface area contributed by atoms with Gasteiger partial charge in [-0.3, -0.25) is 9.08 Å². The van der Waals surface area contributed by atoms with Crippen LogP contribution in [0.25, 0.3) is 16.9 Å². The van der Waals surface area contributed by atoms with E-state index in [9.17, 15) is 0 Å². The van der Waals surface area contributed by atoms with Gasteiger partial charge in [0.25, 0.3) is 0 Å². The zero-order chi connectivity index (χ0) is 19.5. The molecule has 0 bridgehead atoms. The first-order valence-corrected chi connectivity index (χ1v) is 9.05. The molecule has 0 saturated heterocycles. The molecule has 1 N–H and O–H groups in total. The number of ether oxygens (including phenoxy) is 1. The highest BCUT2D eigenvalue weighted by Gasteiger charge is 2.12. The number of aromatic nitrogens is 7. The Morgan fingerprint density at radius 3 is 2.86 bits per heavy atom. The molecule has 0 amide bonds. The van der Waals surface area contributed by atoms with Crippen LogP contribution in [0.2, 0.25) is 0 Å². The van der Waals surface area contributed by atoms with E-state index in [4.69, 9.17) is 4.74 Å². The van der Waals surface area contributed by atoms with Gasteiger partial charge in [0.05, 0.1) is 11.9 Å². The van der Waals surface area contributed by atoms with Crippen LogP contribution in [0.4, 0.5) is 11.8 Å². The van der Waals surface area contributed by atoms with E-state index in [0.717, 1.165) is 35.0 Å². The second-order valence-corrected chi connectivity index (χ2v) is 6.76. The van der Waals surface area contributed by atoms with Crippen LogP contribution < -0.4 is 5.32 Å². The number of pyridine rings is 1. The second-order valence-electron chi connectivity index (χ2n) is 6.76. The predicted octanol–water partition coefficient (Wildman–Crippen LogP) is 2.49. The zero-order valence-electron chi connectivity index (χ0n) is 16.1. The molecule has 1 unspecified atom stereocenters. The topological polar surface area (TPSA) is 95.0 Å². The maximum atomic E-state index is 5.21. The molecule has 9 heteroatoms. The fraction of sp³-hybridized carbons (Fsp3) is 0.316. The lowest BCUT2D eigenvalue weighted by molar-refractivity contribution is 0.158. The molecular formula is C19H22N8O. The lowest BCUT2D eigenvalue weighted by Crippen LogP contribution is -2.09. The molecule has 9 nitrogen and oxygen atoms in total. The summed E-state index contributed by atoms with van der Waals surface area (Å²) in [5.41, 5.74) is 2.54. The monoisotopic (exact) mass is 378 g/mol. The van der Waals surface area contributed by atoms with Crippen molar-refractivity contribution < 1.29 is 4.74 Å². The maximum Gasteiger partial charge on any atom is 0.228 e. The second kappa shape index (κ2) is 7.73. The Bertz CT molecular complexity index is 1090. The Kier molecular flexibility index (Phi) is 4.98. The minimum Gasteiger partial charge on any atom is -0.384 e. The fourth-order valence-corrected chi connectivity index (χ4v) is 3.08. The average molecular weight is 378 g/mol. The van der Waals surface area contributed by atoms with Crippen molar-refractivity contribution in [3.8, 4) is 11.3 Å². The lowest BCUT2D eigenvalue weighted by atomic mass is 10.1. The summed E-state index contributed by atoms with van der Waals surface area (Å²) >= 11 is 0. The van der Waals surface area contributed by atoms with Gasteiger partial charge < -0.3 is 10.1 Å². The standard InChI is InChI=1S/C19H22N8O/c1-13(12-28-3)10-17-24-25-18-11-14(6-9-27(17)18)15-4-7-20-19(22-15)23-16-5-8-21-26(16)2/h4-9,11,13H,10,12H2,1-3H3,(H,20,22,23). The highest BCUT2D eigenvalue weighted by Crippen LogP contribution is 2.21. The number of anilines is 2. The van der Waals surface area contributed by atoms with Crippen LogP contribution in [-0.2, 0) is 18.2 Å². The number of hydrogen-bond acceptors (Lipinski definition) is 7. The van der Waals surface area contributed by atoms with Gasteiger partial charge in [0.1, 0.15) is 11.6 Å². The largest absolute Gasteiger partial charge is 0.384 e. The van der Waals surface area contributed by atoms with Crippen molar-refractivity contribution in [1.82, 2.24) is 34.3 Å². The zero-order valence-corrected chi connectivity index (χ0v) is 16.1. The number of rotatable bonds is 7. The first-order chi connectivity index (χ1) is 13.6. The van der Waals surface area contributed by atoms with Gasteiger partial charge in [-0.25, -0.2) is 9.97 Å². The number of aryl methyl sites for hydroxylation is 1. The van der Waals surface area contributed by atoms with Gasteiger partial charge in [-0.2, -0.15) is 5.10 Å². The first-order valence-electron chi connectivity index (χ1n) is 9.05. The Labute approximate surface area is 162 Å². The highest BCUT2D eigenvalue weighted by molar-refractivity contribution is 5.65. The lowest BCUT2D eigenvalue weighted by Gasteiger charge is -2.09. The molecule has 0 radical (unpaired) electrons. The summed E-state index contributed by atoms with van der Waals surface area (Å²) in [6.45, 7) is 2.83. The number of nitrogens with one attached hydrogen (secondary N) is 1. The Morgan fingerprint density at radius 1 is 1.18 bits per heavy atom. The van der Waals surface area contributed by atoms with Crippen LogP contribution in [0, 0.1) is 5.92 Å². The third-order valence-corrected chi connectivity index (χ3v) is 4.47. The molecule has 4 rings (SSSR count). The molecule has 0 aromatic carbocycles. The normalized spacial score (nSPS) is 12.4. The van der Waals surface area contributed by atoms with Gasteiger partial charge in [-0.1, -0.05) is 6.92 Å². The Balaban J connectivity index is 1.59. The van der Waals surface area contributed by atoms with Crippen LogP contribution in [0.3, 0.4) is 0 Å². The number of hydrogen-bond donors (Lipinski definition) is 1. The SMILES string of the molecule is COCC(C)Cc1nnc2cc(-c3ccnc(Nc4ccnn4C)n3)ccn12. The van der Waals surface area contributed by atoms with Crippen molar-refractivity contribution in [2.24, 2.45) is 13.0 Å². The van der Waals surface area contributed by atoms with Crippen molar-refractivity contribution in [2.45, 2.75) is 13.3 Å². The molecule has 4 aromatic rings. The van der Waals surface area contributed by atoms with E-state index in [0.29, 0.717) is 18.5 Å². The third kappa shape index (κ3) is 3.70. The molecule has 4 aromatic heterocycles. The Hall–Kier alpha value is -3.33. The van der Waals surface area contributed by atoms with Gasteiger partial charge in [-0.05, 0) is 24.1 Å². The molecule has 1 atom stereocenters. The van der Waals surface area contributed by atoms with E-state index in [2.05, 4.69) is 37.5 Å². The Morgan fingerprint density at radius 2 is 2.07 bits per heavy atom. The van der Waals surface area contributed by atoms with Crippen LogP contribution in [0.1, 0.15) is 12.7 Å². The summed E-state index contributed by atoms with van der Waals surface area (Å²) in [5.74, 6) is 2.63. The van der Waals surface area contributed by atoms with Crippen molar-refractivity contribution in [3.05, 3.63) is 48.7 Å². The summed E-state index contributed by atoms with van der Waals surface area (Å²) in [5, 5.41) is 16.0. The smallest absolute Gasteiger partial charge is 0.228 e. The van der Waals surface area contributed by atoms with E-state index < -0.39 is 0 Å². The minimum absolute atomic E-state index is 0.375. The van der Waals surface area contributed by atoms with Crippen molar-refractivity contribution in [2.75, 3.05) is 19.0 Å². The fourth-order valence-electron chi connectivity index (χ4n) is 3.08. The van der Waals surface area contributed by atoms with Gasteiger partial charge in [0.15, 0.2) is 5.65 Å². The van der Waals surface area contributed by atoms with Crippen LogP contribution >= 0.6 is 0 Å². The van der Waals surface area contributed by atoms with Gasteiger partial charge in [0, 0.05) is 51.2 Å². The molecule has 0 saturated carbocycles. The van der Waals surface area contributed by atoms with Crippen LogP contribution in [0.5, 0.6) is 0 Å². The first kappa shape index (κ1) is 18.1. The van der Waals surface area contributed by atoms with Crippen LogP contribution in [-0.4, -0.2) is 48.1 Å². The molecule has 0 spiro atoms. The molecule has 0 aliphatic heterocycles. The number of methoxy groups -OCH3 is 1. The van der Waals surface area contributed by atoms with E-state index in [1.165, 1.54) is 0 Å². The predicted molar refractivity (Wildman–Crippen MR) is 105 cm³/mol. The van der Waals surface area contributed by atoms with Gasteiger partial charge in [-0.15, -0.1) is 10.2 Å². The average Bonchev–Trinajstić information content (AvgIpc) is 3.28. The third-order valence-electron chi connectivity index (χ3n) is 4.47. The molecule has 4 heterocycles. The highest BCUT2D eigenvalue weighted by atomic mass is 16.5. The summed E-state index contributed by atoms with van der Waals surface area (Å²) in [4.78, 5) is 8.90. The molecular weight excluding hydrogens is 356 g/mol. The summed E-state index contributed by atoms with van der Waals surface area (Å²) in [6.07, 6.45) is 6.24. The molecule has 144 valence electrons. The van der Waals surface area contributed by atoms with Crippen molar-refractivity contribution >= 4 is 17.4 Å². The molecule has 0 aliphatic rings. The van der Waals surface area contributed by atoms with Gasteiger partial charge >= 0.3 is 0 Å². The molecule has 0 fully saturated rings. The van der Waals surface area contributed by atoms with E-state index in [1.54, 1.807) is 24.2 Å². The molecule has 28 heavy (non-hydrogen) atoms. The number of nitrogens with zero attached hydrogens (tertiary/aromatic N) is 7. The minimum atomic E-state index is 0.375. The summed E-state index contributed by atoms with van der Waals surface area (Å²) < 4.78 is 8.95. The summed E-state index contributed by atoms with van der Waals surface area (Å²) in [6, 6.07) is 7.73. The van der Waals surface area contributed by atoms with Gasteiger partial charge in [0.2, 0.25) is 5.95 Å².